The van der Waals surface area contributed by atoms with Gasteiger partial charge in [0, 0.05) is 37.2 Å². The first-order chi connectivity index (χ1) is 25.1. The van der Waals surface area contributed by atoms with Gasteiger partial charge in [-0.05, 0) is 69.2 Å². The summed E-state index contributed by atoms with van der Waals surface area (Å²) in [5.41, 5.74) is 0.969. The molecule has 14 nitrogen and oxygen atoms in total. The zero-order chi connectivity index (χ0) is 39.1. The van der Waals surface area contributed by atoms with Crippen molar-refractivity contribution in [3.8, 4) is 0 Å². The number of anilines is 1. The van der Waals surface area contributed by atoms with E-state index < -0.39 is 59.2 Å². The fourth-order valence-corrected chi connectivity index (χ4v) is 5.52. The van der Waals surface area contributed by atoms with Crippen molar-refractivity contribution in [2.75, 3.05) is 11.9 Å². The van der Waals surface area contributed by atoms with Crippen LogP contribution in [0.15, 0.2) is 66.7 Å². The first kappa shape index (κ1) is 42.0. The Labute approximate surface area is 310 Å². The van der Waals surface area contributed by atoms with E-state index in [0.717, 1.165) is 10.5 Å². The van der Waals surface area contributed by atoms with Crippen molar-refractivity contribution >= 4 is 47.1 Å². The largest absolute Gasteiger partial charge is 0.455 e. The molecule has 0 fully saturated rings. The van der Waals surface area contributed by atoms with Gasteiger partial charge in [-0.2, -0.15) is 0 Å². The summed E-state index contributed by atoms with van der Waals surface area (Å²) in [7, 11) is 0. The number of carbonyl (C=O) groups is 7. The summed E-state index contributed by atoms with van der Waals surface area (Å²) in [5, 5.41) is 19.9. The second kappa shape index (κ2) is 20.0. The normalized spacial score (nSPS) is 14.4. The van der Waals surface area contributed by atoms with Crippen LogP contribution in [0.4, 0.5) is 5.69 Å². The van der Waals surface area contributed by atoms with E-state index in [1.54, 1.807) is 52.0 Å². The highest BCUT2D eigenvalue weighted by molar-refractivity contribution is 6.12. The van der Waals surface area contributed by atoms with Crippen LogP contribution in [0.3, 0.4) is 0 Å². The Morgan fingerprint density at radius 1 is 0.774 bits per heavy atom. The van der Waals surface area contributed by atoms with Gasteiger partial charge >= 0.3 is 5.97 Å². The summed E-state index contributed by atoms with van der Waals surface area (Å²) in [4.78, 5) is 90.5. The number of esters is 1. The molecule has 0 aliphatic carbocycles. The summed E-state index contributed by atoms with van der Waals surface area (Å²) < 4.78 is 5.73. The van der Waals surface area contributed by atoms with Crippen LogP contribution < -0.4 is 21.3 Å². The molecule has 0 saturated heterocycles. The monoisotopic (exact) mass is 733 g/mol. The number of nitrogens with zero attached hydrogens (tertiary/aromatic N) is 1. The number of hydrogen-bond acceptors (Lipinski definition) is 9. The van der Waals surface area contributed by atoms with E-state index in [2.05, 4.69) is 21.3 Å². The second-order valence-corrected chi connectivity index (χ2v) is 13.8. The maximum Gasteiger partial charge on any atom is 0.306 e. The molecular formula is C39H51N5O9. The SMILES string of the molecule is CC(C)[C@H](NC(=O)[C@H](CCC(=O)OC(C)(C)c1ccccc1)NC(=O)CCCCCN1C(=O)C=CC1=O)C(=O)N[C@@H](C)C(=O)Nc1ccc(CO)cc1. The summed E-state index contributed by atoms with van der Waals surface area (Å²) in [6.45, 7) is 8.51. The van der Waals surface area contributed by atoms with Crippen LogP contribution in [0.2, 0.25) is 0 Å². The lowest BCUT2D eigenvalue weighted by molar-refractivity contribution is -0.158. The number of hydrogen-bond donors (Lipinski definition) is 5. The Balaban J connectivity index is 1.63. The Morgan fingerprint density at radius 2 is 1.42 bits per heavy atom. The molecule has 6 amide bonds. The molecule has 53 heavy (non-hydrogen) atoms. The van der Waals surface area contributed by atoms with Gasteiger partial charge in [0.15, 0.2) is 0 Å². The molecule has 2 aromatic rings. The van der Waals surface area contributed by atoms with Crippen molar-refractivity contribution in [2.45, 2.75) is 103 Å². The average Bonchev–Trinajstić information content (AvgIpc) is 3.44. The third kappa shape index (κ3) is 13.3. The van der Waals surface area contributed by atoms with Crippen LogP contribution in [-0.2, 0) is 50.5 Å². The fourth-order valence-electron chi connectivity index (χ4n) is 5.52. The van der Waals surface area contributed by atoms with Gasteiger partial charge in [-0.15, -0.1) is 0 Å². The van der Waals surface area contributed by atoms with Crippen molar-refractivity contribution in [2.24, 2.45) is 5.92 Å². The second-order valence-electron chi connectivity index (χ2n) is 13.8. The summed E-state index contributed by atoms with van der Waals surface area (Å²) in [6.07, 6.45) is 3.59. The van der Waals surface area contributed by atoms with Gasteiger partial charge in [-0.25, -0.2) is 0 Å². The van der Waals surface area contributed by atoms with Gasteiger partial charge < -0.3 is 31.1 Å². The van der Waals surface area contributed by atoms with Crippen molar-refractivity contribution in [1.82, 2.24) is 20.9 Å². The molecular weight excluding hydrogens is 682 g/mol. The Morgan fingerprint density at radius 3 is 2.02 bits per heavy atom. The number of benzene rings is 2. The molecule has 0 bridgehead atoms. The Hall–Kier alpha value is -5.37. The van der Waals surface area contributed by atoms with E-state index in [1.807, 2.05) is 30.3 Å². The van der Waals surface area contributed by atoms with Gasteiger partial charge in [0.05, 0.1) is 6.61 Å². The molecule has 0 aromatic heterocycles. The lowest BCUT2D eigenvalue weighted by Gasteiger charge is -2.27. The van der Waals surface area contributed by atoms with Crippen molar-refractivity contribution in [3.05, 3.63) is 77.9 Å². The predicted molar refractivity (Wildman–Crippen MR) is 196 cm³/mol. The van der Waals surface area contributed by atoms with E-state index in [0.29, 0.717) is 30.5 Å². The van der Waals surface area contributed by atoms with Crippen LogP contribution in [0.25, 0.3) is 0 Å². The van der Waals surface area contributed by atoms with Crippen LogP contribution in [0, 0.1) is 5.92 Å². The quantitative estimate of drug-likeness (QED) is 0.0771. The van der Waals surface area contributed by atoms with Gasteiger partial charge in [0.1, 0.15) is 23.7 Å². The first-order valence-electron chi connectivity index (χ1n) is 17.8. The number of nitrogens with one attached hydrogen (secondary N) is 4. The van der Waals surface area contributed by atoms with Crippen LogP contribution in [0.1, 0.15) is 84.3 Å². The Bertz CT molecular complexity index is 1620. The molecule has 0 spiro atoms. The van der Waals surface area contributed by atoms with Gasteiger partial charge in [0.25, 0.3) is 11.8 Å². The summed E-state index contributed by atoms with van der Waals surface area (Å²) >= 11 is 0. The van der Waals surface area contributed by atoms with Crippen LogP contribution in [0.5, 0.6) is 0 Å². The molecule has 0 unspecified atom stereocenters. The zero-order valence-electron chi connectivity index (χ0n) is 31.0. The zero-order valence-corrected chi connectivity index (χ0v) is 31.0. The highest BCUT2D eigenvalue weighted by Crippen LogP contribution is 2.25. The van der Waals surface area contributed by atoms with E-state index in [1.165, 1.54) is 19.1 Å². The Kier molecular flexibility index (Phi) is 15.9. The standard InChI is InChI=1S/C39H51N5O9/c1-25(2)35(38(52)40-26(3)36(50)41-29-17-15-27(24-45)16-18-29)43-37(51)30(19-22-34(49)53-39(4,5)28-12-8-6-9-13-28)42-31(46)14-10-7-11-23-44-32(47)20-21-33(44)48/h6,8-9,12-13,15-18,20-21,25-26,30,35,45H,7,10-11,14,19,22-24H2,1-5H3,(H,40,52)(H,41,50)(H,42,46)(H,43,51)/t26-,30-,35-/m0/s1. The molecule has 0 radical (unpaired) electrons. The predicted octanol–water partition coefficient (Wildman–Crippen LogP) is 2.99. The number of aliphatic hydroxyl groups excluding tert-OH is 1. The molecule has 14 heteroatoms. The highest BCUT2D eigenvalue weighted by atomic mass is 16.6. The minimum absolute atomic E-state index is 0.0405. The number of ether oxygens (including phenoxy) is 1. The number of unbranched alkanes of at least 4 members (excludes halogenated alkanes) is 2. The van der Waals surface area contributed by atoms with Crippen molar-refractivity contribution in [1.29, 1.82) is 0 Å². The van der Waals surface area contributed by atoms with Crippen LogP contribution >= 0.6 is 0 Å². The number of amides is 6. The van der Waals surface area contributed by atoms with E-state index >= 15 is 0 Å². The lowest BCUT2D eigenvalue weighted by atomic mass is 9.98. The summed E-state index contributed by atoms with van der Waals surface area (Å²) in [6, 6.07) is 12.5. The average molecular weight is 734 g/mol. The third-order valence-electron chi connectivity index (χ3n) is 8.72. The molecule has 1 aliphatic rings. The maximum absolute atomic E-state index is 13.7. The summed E-state index contributed by atoms with van der Waals surface area (Å²) in [5.74, 6) is -4.02. The first-order valence-corrected chi connectivity index (χ1v) is 17.8. The molecule has 3 rings (SSSR count). The van der Waals surface area contributed by atoms with Gasteiger partial charge in [-0.3, -0.25) is 38.5 Å². The topological polar surface area (TPSA) is 200 Å². The van der Waals surface area contributed by atoms with Gasteiger partial charge in [0.2, 0.25) is 23.6 Å². The third-order valence-corrected chi connectivity index (χ3v) is 8.72. The van der Waals surface area contributed by atoms with E-state index in [-0.39, 0.29) is 44.2 Å². The number of carbonyl (C=O) groups excluding carboxylic acids is 7. The molecule has 1 aliphatic heterocycles. The van der Waals surface area contributed by atoms with Crippen molar-refractivity contribution < 1.29 is 43.4 Å². The number of rotatable bonds is 20. The fraction of sp³-hybridized carbons (Fsp3) is 0.462. The highest BCUT2D eigenvalue weighted by Gasteiger charge is 2.32. The lowest BCUT2D eigenvalue weighted by Crippen LogP contribution is -2.57. The molecule has 0 saturated carbocycles. The van der Waals surface area contributed by atoms with Crippen LogP contribution in [-0.4, -0.2) is 76.1 Å². The van der Waals surface area contributed by atoms with E-state index in [4.69, 9.17) is 4.74 Å². The smallest absolute Gasteiger partial charge is 0.306 e. The molecule has 5 N–H and O–H groups in total. The molecule has 2 aromatic carbocycles. The minimum atomic E-state index is -1.20. The molecule has 3 atom stereocenters. The number of imide groups is 1. The molecule has 1 heterocycles. The van der Waals surface area contributed by atoms with E-state index in [9.17, 15) is 38.7 Å². The number of aliphatic hydroxyl groups is 1. The van der Waals surface area contributed by atoms with Gasteiger partial charge in [-0.1, -0.05) is 62.7 Å². The minimum Gasteiger partial charge on any atom is -0.455 e. The molecule has 286 valence electrons. The maximum atomic E-state index is 13.7. The van der Waals surface area contributed by atoms with Crippen molar-refractivity contribution in [3.63, 3.8) is 0 Å².